The average Bonchev–Trinajstić information content (AvgIpc) is 2.84. The molecule has 0 aromatic carbocycles. The fraction of sp³-hybridized carbons (Fsp3) is 0.500. The fourth-order valence-corrected chi connectivity index (χ4v) is 1.89. The smallest absolute Gasteiger partial charge is 0.412 e. The van der Waals surface area contributed by atoms with Gasteiger partial charge in [0, 0.05) is 13.1 Å². The molecule has 5 nitrogen and oxygen atoms in total. The highest BCUT2D eigenvalue weighted by Gasteiger charge is 2.12. The summed E-state index contributed by atoms with van der Waals surface area (Å²) in [5, 5.41) is 2.57. The lowest BCUT2D eigenvalue weighted by Crippen LogP contribution is -2.18. The average molecular weight is 235 g/mol. The van der Waals surface area contributed by atoms with Crippen molar-refractivity contribution in [2.45, 2.75) is 19.8 Å². The van der Waals surface area contributed by atoms with Gasteiger partial charge in [-0.1, -0.05) is 0 Å². The van der Waals surface area contributed by atoms with Gasteiger partial charge in [0.15, 0.2) is 0 Å². The zero-order chi connectivity index (χ0) is 12.1. The molecule has 5 heteroatoms. The van der Waals surface area contributed by atoms with Gasteiger partial charge in [0.2, 0.25) is 0 Å². The van der Waals surface area contributed by atoms with Gasteiger partial charge < -0.3 is 9.64 Å². The first kappa shape index (κ1) is 11.7. The number of nitrogens with one attached hydrogen (secondary N) is 1. The van der Waals surface area contributed by atoms with Crippen LogP contribution in [0.3, 0.4) is 0 Å². The minimum absolute atomic E-state index is 0.359. The number of amides is 1. The molecular weight excluding hydrogens is 218 g/mol. The minimum atomic E-state index is -0.464. The van der Waals surface area contributed by atoms with Crippen LogP contribution >= 0.6 is 0 Å². The van der Waals surface area contributed by atoms with Gasteiger partial charge in [-0.2, -0.15) is 0 Å². The highest BCUT2D eigenvalue weighted by atomic mass is 16.5. The van der Waals surface area contributed by atoms with Crippen LogP contribution in [0.15, 0.2) is 18.3 Å². The maximum absolute atomic E-state index is 11.2. The van der Waals surface area contributed by atoms with Gasteiger partial charge in [-0.05, 0) is 31.9 Å². The van der Waals surface area contributed by atoms with E-state index in [-0.39, 0.29) is 0 Å². The molecule has 0 unspecified atom stereocenters. The van der Waals surface area contributed by atoms with Crippen molar-refractivity contribution in [1.29, 1.82) is 0 Å². The van der Waals surface area contributed by atoms with E-state index in [2.05, 4.69) is 15.2 Å². The first-order valence-corrected chi connectivity index (χ1v) is 5.94. The minimum Gasteiger partial charge on any atom is -0.450 e. The molecule has 2 rings (SSSR count). The van der Waals surface area contributed by atoms with Crippen molar-refractivity contribution >= 4 is 17.6 Å². The summed E-state index contributed by atoms with van der Waals surface area (Å²) in [6.07, 6.45) is 3.80. The van der Waals surface area contributed by atoms with E-state index in [4.69, 9.17) is 4.74 Å². The molecule has 1 aromatic rings. The Balaban J connectivity index is 1.95. The summed E-state index contributed by atoms with van der Waals surface area (Å²) >= 11 is 0. The van der Waals surface area contributed by atoms with E-state index >= 15 is 0 Å². The first-order chi connectivity index (χ1) is 8.29. The van der Waals surface area contributed by atoms with Crippen LogP contribution in [0.25, 0.3) is 0 Å². The summed E-state index contributed by atoms with van der Waals surface area (Å²) in [7, 11) is 0. The number of carbonyl (C=O) groups excluding carboxylic acids is 1. The number of carbonyl (C=O) groups is 1. The van der Waals surface area contributed by atoms with Crippen molar-refractivity contribution in [3.63, 3.8) is 0 Å². The van der Waals surface area contributed by atoms with E-state index in [1.54, 1.807) is 19.2 Å². The predicted octanol–water partition coefficient (Wildman–Crippen LogP) is 2.25. The van der Waals surface area contributed by atoms with Gasteiger partial charge in [-0.15, -0.1) is 0 Å². The summed E-state index contributed by atoms with van der Waals surface area (Å²) < 4.78 is 4.78. The molecule has 0 spiro atoms. The molecule has 1 N–H and O–H groups in total. The van der Waals surface area contributed by atoms with Gasteiger partial charge >= 0.3 is 6.09 Å². The van der Waals surface area contributed by atoms with Crippen molar-refractivity contribution in [2.24, 2.45) is 0 Å². The number of ether oxygens (including phenoxy) is 1. The fourth-order valence-electron chi connectivity index (χ4n) is 1.89. The molecule has 0 atom stereocenters. The topological polar surface area (TPSA) is 54.5 Å². The van der Waals surface area contributed by atoms with Gasteiger partial charge in [-0.3, -0.25) is 5.32 Å². The third-order valence-electron chi connectivity index (χ3n) is 2.72. The van der Waals surface area contributed by atoms with Crippen LogP contribution in [-0.4, -0.2) is 30.8 Å². The van der Waals surface area contributed by atoms with Gasteiger partial charge in [0.05, 0.1) is 18.5 Å². The Labute approximate surface area is 101 Å². The quantitative estimate of drug-likeness (QED) is 0.873. The third-order valence-corrected chi connectivity index (χ3v) is 2.72. The normalized spacial score (nSPS) is 14.8. The van der Waals surface area contributed by atoms with Crippen LogP contribution in [0.2, 0.25) is 0 Å². The Morgan fingerprint density at radius 2 is 2.24 bits per heavy atom. The first-order valence-electron chi connectivity index (χ1n) is 5.94. The summed E-state index contributed by atoms with van der Waals surface area (Å²) in [6, 6.07) is 3.77. The maximum Gasteiger partial charge on any atom is 0.412 e. The van der Waals surface area contributed by atoms with Crippen molar-refractivity contribution in [3.05, 3.63) is 18.3 Å². The number of nitrogens with zero attached hydrogens (tertiary/aromatic N) is 2. The van der Waals surface area contributed by atoms with E-state index in [1.165, 1.54) is 12.8 Å². The Morgan fingerprint density at radius 1 is 1.47 bits per heavy atom. The molecule has 1 aliphatic heterocycles. The lowest BCUT2D eigenvalue weighted by atomic mass is 10.3. The van der Waals surface area contributed by atoms with Crippen molar-refractivity contribution in [2.75, 3.05) is 29.9 Å². The number of pyridine rings is 1. The highest BCUT2D eigenvalue weighted by Crippen LogP contribution is 2.20. The molecule has 17 heavy (non-hydrogen) atoms. The van der Waals surface area contributed by atoms with E-state index in [0.29, 0.717) is 12.4 Å². The van der Waals surface area contributed by atoms with E-state index in [0.717, 1.165) is 18.8 Å². The second-order valence-electron chi connectivity index (χ2n) is 3.94. The molecule has 92 valence electrons. The molecule has 1 amide bonds. The maximum atomic E-state index is 11.2. The molecule has 1 aliphatic rings. The number of aromatic nitrogens is 1. The summed E-state index contributed by atoms with van der Waals surface area (Å²) in [5.41, 5.74) is 1.11. The van der Waals surface area contributed by atoms with Crippen LogP contribution in [0.4, 0.5) is 16.3 Å². The molecule has 0 radical (unpaired) electrons. The molecule has 1 fully saturated rings. The third kappa shape index (κ3) is 3.09. The van der Waals surface area contributed by atoms with Crippen LogP contribution in [0.1, 0.15) is 19.8 Å². The molecule has 1 saturated heterocycles. The van der Waals surface area contributed by atoms with Gasteiger partial charge in [-0.25, -0.2) is 9.78 Å². The monoisotopic (exact) mass is 235 g/mol. The summed E-state index contributed by atoms with van der Waals surface area (Å²) in [5.74, 6) is 0.520. The van der Waals surface area contributed by atoms with Crippen LogP contribution in [0, 0.1) is 0 Å². The number of rotatable bonds is 3. The van der Waals surface area contributed by atoms with Gasteiger partial charge in [0.1, 0.15) is 5.82 Å². The standard InChI is InChI=1S/C12H17N3O2/c1-2-17-12(16)14-11-6-5-10(9-13-11)15-7-3-4-8-15/h5-6,9H,2-4,7-8H2,1H3,(H,13,14,16). The van der Waals surface area contributed by atoms with E-state index < -0.39 is 6.09 Å². The number of hydrogen-bond donors (Lipinski definition) is 1. The predicted molar refractivity (Wildman–Crippen MR) is 66.3 cm³/mol. The van der Waals surface area contributed by atoms with Crippen LogP contribution in [0.5, 0.6) is 0 Å². The Bertz CT molecular complexity index is 372. The molecular formula is C12H17N3O2. The van der Waals surface area contributed by atoms with Crippen molar-refractivity contribution < 1.29 is 9.53 Å². The van der Waals surface area contributed by atoms with E-state index in [1.807, 2.05) is 6.07 Å². The Hall–Kier alpha value is -1.78. The van der Waals surface area contributed by atoms with Crippen LogP contribution in [-0.2, 0) is 4.74 Å². The highest BCUT2D eigenvalue weighted by molar-refractivity contribution is 5.83. The van der Waals surface area contributed by atoms with Crippen molar-refractivity contribution in [1.82, 2.24) is 4.98 Å². The second-order valence-corrected chi connectivity index (χ2v) is 3.94. The molecule has 1 aromatic heterocycles. The lowest BCUT2D eigenvalue weighted by molar-refractivity contribution is 0.168. The number of hydrogen-bond acceptors (Lipinski definition) is 4. The zero-order valence-electron chi connectivity index (χ0n) is 9.98. The van der Waals surface area contributed by atoms with E-state index in [9.17, 15) is 4.79 Å². The van der Waals surface area contributed by atoms with Crippen molar-refractivity contribution in [3.8, 4) is 0 Å². The van der Waals surface area contributed by atoms with Crippen LogP contribution < -0.4 is 10.2 Å². The zero-order valence-corrected chi connectivity index (χ0v) is 9.98. The largest absolute Gasteiger partial charge is 0.450 e. The second kappa shape index (κ2) is 5.52. The number of anilines is 2. The molecule has 2 heterocycles. The van der Waals surface area contributed by atoms with Gasteiger partial charge in [0.25, 0.3) is 0 Å². The molecule has 0 saturated carbocycles. The summed E-state index contributed by atoms with van der Waals surface area (Å²) in [4.78, 5) is 17.7. The molecule has 0 bridgehead atoms. The Kier molecular flexibility index (Phi) is 3.80. The SMILES string of the molecule is CCOC(=O)Nc1ccc(N2CCCC2)cn1. The molecule has 0 aliphatic carbocycles. The lowest BCUT2D eigenvalue weighted by Gasteiger charge is -2.17. The summed E-state index contributed by atoms with van der Waals surface area (Å²) in [6.45, 7) is 4.31. The Morgan fingerprint density at radius 3 is 2.82 bits per heavy atom.